The van der Waals surface area contributed by atoms with Crippen molar-refractivity contribution in [3.8, 4) is 11.5 Å². The number of likely N-dealkylation sites (N-methyl/N-ethyl adjacent to an activating group) is 1. The van der Waals surface area contributed by atoms with E-state index >= 15 is 0 Å². The fraction of sp³-hybridized carbons (Fsp3) is 0.389. The lowest BCUT2D eigenvalue weighted by atomic mass is 10.0. The second-order valence-corrected chi connectivity index (χ2v) is 5.53. The lowest BCUT2D eigenvalue weighted by Gasteiger charge is -2.07. The Bertz CT molecular complexity index is 629. The summed E-state index contributed by atoms with van der Waals surface area (Å²) in [5, 5.41) is 22.0. The minimum Gasteiger partial charge on any atom is -0.504 e. The zero-order valence-electron chi connectivity index (χ0n) is 13.1. The Kier molecular flexibility index (Phi) is 5.26. The summed E-state index contributed by atoms with van der Waals surface area (Å²) in [6.07, 6.45) is 9.60. The fourth-order valence-electron chi connectivity index (χ4n) is 2.67. The number of fused-ring (bicyclic) bond motifs is 1. The van der Waals surface area contributed by atoms with Gasteiger partial charge in [0, 0.05) is 12.6 Å². The fourth-order valence-corrected chi connectivity index (χ4v) is 2.67. The molecule has 0 unspecified atom stereocenters. The minimum atomic E-state index is -0.210. The van der Waals surface area contributed by atoms with Gasteiger partial charge in [0.25, 0.3) is 5.91 Å². The first-order valence-electron chi connectivity index (χ1n) is 7.79. The summed E-state index contributed by atoms with van der Waals surface area (Å²) >= 11 is 0. The molecule has 1 aliphatic carbocycles. The summed E-state index contributed by atoms with van der Waals surface area (Å²) in [5.74, 6) is -0.569. The predicted molar refractivity (Wildman–Crippen MR) is 88.6 cm³/mol. The molecular formula is C18H23NO3. The molecule has 0 saturated carbocycles. The number of benzene rings is 1. The number of carbonyl (C=O) groups is 1. The number of aromatic hydroxyl groups is 2. The summed E-state index contributed by atoms with van der Waals surface area (Å²) < 4.78 is 0. The average molecular weight is 301 g/mol. The summed E-state index contributed by atoms with van der Waals surface area (Å²) in [4.78, 5) is 12.0. The molecule has 0 bridgehead atoms. The van der Waals surface area contributed by atoms with Gasteiger partial charge < -0.3 is 15.5 Å². The van der Waals surface area contributed by atoms with Crippen LogP contribution < -0.4 is 5.32 Å². The maximum Gasteiger partial charge on any atom is 0.251 e. The van der Waals surface area contributed by atoms with Crippen molar-refractivity contribution in [1.82, 2.24) is 5.32 Å². The zero-order valence-corrected chi connectivity index (χ0v) is 13.1. The second-order valence-electron chi connectivity index (χ2n) is 5.53. The molecule has 4 heteroatoms. The van der Waals surface area contributed by atoms with Crippen LogP contribution in [0, 0.1) is 0 Å². The Balaban J connectivity index is 2.29. The normalized spacial score (nSPS) is 14.8. The van der Waals surface area contributed by atoms with Crippen molar-refractivity contribution in [1.29, 1.82) is 0 Å². The maximum absolute atomic E-state index is 12.0. The summed E-state index contributed by atoms with van der Waals surface area (Å²) in [6, 6.07) is 2.97. The van der Waals surface area contributed by atoms with Crippen molar-refractivity contribution in [2.24, 2.45) is 0 Å². The van der Waals surface area contributed by atoms with Crippen molar-refractivity contribution < 1.29 is 15.0 Å². The highest BCUT2D eigenvalue weighted by Crippen LogP contribution is 2.41. The molecule has 3 N–H and O–H groups in total. The van der Waals surface area contributed by atoms with Crippen LogP contribution in [0.15, 0.2) is 24.3 Å². The van der Waals surface area contributed by atoms with Crippen molar-refractivity contribution in [3.05, 3.63) is 35.4 Å². The molecule has 0 atom stereocenters. The number of phenols is 2. The third-order valence-electron chi connectivity index (χ3n) is 3.91. The van der Waals surface area contributed by atoms with Crippen LogP contribution in [0.3, 0.4) is 0 Å². The molecule has 4 nitrogen and oxygen atoms in total. The Morgan fingerprint density at radius 1 is 1.14 bits per heavy atom. The van der Waals surface area contributed by atoms with Gasteiger partial charge in [0.2, 0.25) is 0 Å². The number of allylic oxidation sites excluding steroid dienone is 3. The number of nitrogens with one attached hydrogen (secondary N) is 1. The van der Waals surface area contributed by atoms with Crippen molar-refractivity contribution in [2.75, 3.05) is 7.05 Å². The smallest absolute Gasteiger partial charge is 0.251 e. The Hall–Kier alpha value is -2.23. The third kappa shape index (κ3) is 3.32. The number of amides is 1. The van der Waals surface area contributed by atoms with Gasteiger partial charge in [-0.1, -0.05) is 32.3 Å². The molecule has 1 aliphatic rings. The number of unbranched alkanes of at least 4 members (excludes halogenated alkanes) is 4. The second kappa shape index (κ2) is 7.16. The van der Waals surface area contributed by atoms with E-state index in [0.29, 0.717) is 11.1 Å². The van der Waals surface area contributed by atoms with Gasteiger partial charge in [-0.25, -0.2) is 0 Å². The molecule has 0 radical (unpaired) electrons. The molecule has 1 aromatic carbocycles. The molecule has 22 heavy (non-hydrogen) atoms. The Morgan fingerprint density at radius 2 is 1.82 bits per heavy atom. The van der Waals surface area contributed by atoms with Crippen LogP contribution in [0.4, 0.5) is 0 Å². The van der Waals surface area contributed by atoms with Gasteiger partial charge in [0.05, 0.1) is 0 Å². The number of carbonyl (C=O) groups excluding carboxylic acids is 1. The summed E-state index contributed by atoms with van der Waals surface area (Å²) in [7, 11) is 1.58. The van der Waals surface area contributed by atoms with Crippen molar-refractivity contribution in [2.45, 2.75) is 39.0 Å². The Morgan fingerprint density at radius 3 is 2.45 bits per heavy atom. The van der Waals surface area contributed by atoms with E-state index in [-0.39, 0.29) is 17.4 Å². The van der Waals surface area contributed by atoms with Crippen LogP contribution in [-0.2, 0) is 4.79 Å². The zero-order chi connectivity index (χ0) is 16.1. The first-order valence-corrected chi connectivity index (χ1v) is 7.79. The van der Waals surface area contributed by atoms with E-state index in [0.717, 1.165) is 24.0 Å². The molecule has 0 aromatic heterocycles. The quantitative estimate of drug-likeness (QED) is 0.555. The van der Waals surface area contributed by atoms with E-state index in [1.165, 1.54) is 31.4 Å². The van der Waals surface area contributed by atoms with Gasteiger partial charge in [-0.05, 0) is 47.8 Å². The van der Waals surface area contributed by atoms with Crippen LogP contribution in [-0.4, -0.2) is 23.2 Å². The first-order chi connectivity index (χ1) is 10.6. The predicted octanol–water partition coefficient (Wildman–Crippen LogP) is 3.59. The topological polar surface area (TPSA) is 69.6 Å². The van der Waals surface area contributed by atoms with Gasteiger partial charge in [0.1, 0.15) is 0 Å². The highest BCUT2D eigenvalue weighted by atomic mass is 16.3. The molecule has 0 saturated heterocycles. The van der Waals surface area contributed by atoms with Crippen LogP contribution in [0.2, 0.25) is 0 Å². The number of phenolic OH excluding ortho intramolecular Hbond substituents is 2. The van der Waals surface area contributed by atoms with E-state index in [4.69, 9.17) is 0 Å². The third-order valence-corrected chi connectivity index (χ3v) is 3.91. The van der Waals surface area contributed by atoms with Crippen molar-refractivity contribution >= 4 is 17.1 Å². The highest BCUT2D eigenvalue weighted by molar-refractivity contribution is 6.25. The van der Waals surface area contributed by atoms with Gasteiger partial charge in [-0.2, -0.15) is 0 Å². The molecule has 0 fully saturated rings. The van der Waals surface area contributed by atoms with Crippen LogP contribution >= 0.6 is 0 Å². The molecule has 2 rings (SSSR count). The molecule has 0 spiro atoms. The van der Waals surface area contributed by atoms with E-state index in [9.17, 15) is 15.0 Å². The van der Waals surface area contributed by atoms with Gasteiger partial charge >= 0.3 is 0 Å². The molecule has 1 amide bonds. The number of rotatable bonds is 6. The molecule has 118 valence electrons. The van der Waals surface area contributed by atoms with E-state index in [1.54, 1.807) is 7.05 Å². The van der Waals surface area contributed by atoms with Gasteiger partial charge in [-0.3, -0.25) is 4.79 Å². The molecule has 0 heterocycles. The average Bonchev–Trinajstić information content (AvgIpc) is 2.85. The summed E-state index contributed by atoms with van der Waals surface area (Å²) in [6.45, 7) is 2.18. The standard InChI is InChI=1S/C18H23NO3/c1-3-4-5-6-7-8-12-9-15(18(22)19-2)14-11-17(21)16(20)10-13(12)14/h8-11,20-21H,3-7H2,1-2H3,(H,19,22)/b12-8+. The van der Waals surface area contributed by atoms with Crippen molar-refractivity contribution in [3.63, 3.8) is 0 Å². The number of hydrogen-bond acceptors (Lipinski definition) is 3. The highest BCUT2D eigenvalue weighted by Gasteiger charge is 2.24. The van der Waals surface area contributed by atoms with E-state index in [2.05, 4.69) is 18.3 Å². The monoisotopic (exact) mass is 301 g/mol. The van der Waals surface area contributed by atoms with Gasteiger partial charge in [-0.15, -0.1) is 0 Å². The van der Waals surface area contributed by atoms with E-state index < -0.39 is 0 Å². The maximum atomic E-state index is 12.0. The van der Waals surface area contributed by atoms with Crippen LogP contribution in [0.1, 0.15) is 50.2 Å². The van der Waals surface area contributed by atoms with E-state index in [1.807, 2.05) is 6.08 Å². The SMILES string of the molecule is CCCCCC/C=C1\C=C(C(=O)NC)c2cc(O)c(O)cc21. The largest absolute Gasteiger partial charge is 0.504 e. The van der Waals surface area contributed by atoms with Crippen LogP contribution in [0.25, 0.3) is 11.1 Å². The summed E-state index contributed by atoms with van der Waals surface area (Å²) in [5.41, 5.74) is 2.91. The van der Waals surface area contributed by atoms with Gasteiger partial charge in [0.15, 0.2) is 11.5 Å². The lowest BCUT2D eigenvalue weighted by molar-refractivity contribution is -0.115. The number of hydrogen-bond donors (Lipinski definition) is 3. The molecular weight excluding hydrogens is 278 g/mol. The van der Waals surface area contributed by atoms with Crippen LogP contribution in [0.5, 0.6) is 11.5 Å². The molecule has 1 aromatic rings. The first kappa shape index (κ1) is 16.1. The lowest BCUT2D eigenvalue weighted by Crippen LogP contribution is -2.18. The minimum absolute atomic E-state index is 0.165. The molecule has 0 aliphatic heterocycles. The Labute approximate surface area is 131 Å².